The normalized spacial score (nSPS) is 10.2. The second-order valence-electron chi connectivity index (χ2n) is 5.07. The van der Waals surface area contributed by atoms with Gasteiger partial charge in [0.25, 0.3) is 0 Å². The van der Waals surface area contributed by atoms with Crippen molar-refractivity contribution in [3.63, 3.8) is 0 Å². The molecule has 0 saturated carbocycles. The lowest BCUT2D eigenvalue weighted by molar-refractivity contribution is 0.0597. The third-order valence-corrected chi connectivity index (χ3v) is 3.43. The van der Waals surface area contributed by atoms with E-state index >= 15 is 0 Å². The molecule has 0 aliphatic heterocycles. The Hall–Kier alpha value is -2.62. The van der Waals surface area contributed by atoms with E-state index in [1.807, 2.05) is 19.9 Å². The summed E-state index contributed by atoms with van der Waals surface area (Å²) in [5.41, 5.74) is 2.86. The molecule has 0 N–H and O–H groups in total. The molecule has 0 unspecified atom stereocenters. The molecule has 2 rings (SSSR count). The standard InChI is InChI=1S/C18H18O4/c1-11-5-7-13(15(9-11)18(20)22-4)17(19)14-8-6-12(2)10-16(14)21-3/h5-10H,1-4H3. The van der Waals surface area contributed by atoms with Crippen LogP contribution in [0.4, 0.5) is 0 Å². The van der Waals surface area contributed by atoms with Crippen LogP contribution in [0.1, 0.15) is 37.4 Å². The van der Waals surface area contributed by atoms with E-state index < -0.39 is 5.97 Å². The van der Waals surface area contributed by atoms with Crippen LogP contribution in [0.2, 0.25) is 0 Å². The highest BCUT2D eigenvalue weighted by molar-refractivity contribution is 6.15. The summed E-state index contributed by atoms with van der Waals surface area (Å²) in [6.07, 6.45) is 0. The molecule has 2 aromatic carbocycles. The Morgan fingerprint density at radius 1 is 0.818 bits per heavy atom. The molecule has 2 aromatic rings. The number of ketones is 1. The second-order valence-corrected chi connectivity index (χ2v) is 5.07. The average molecular weight is 298 g/mol. The number of hydrogen-bond acceptors (Lipinski definition) is 4. The third-order valence-electron chi connectivity index (χ3n) is 3.43. The summed E-state index contributed by atoms with van der Waals surface area (Å²) in [6.45, 7) is 3.77. The van der Waals surface area contributed by atoms with E-state index in [1.54, 1.807) is 30.3 Å². The Bertz CT molecular complexity index is 732. The van der Waals surface area contributed by atoms with Gasteiger partial charge in [-0.3, -0.25) is 4.79 Å². The topological polar surface area (TPSA) is 52.6 Å². The molecule has 4 heteroatoms. The van der Waals surface area contributed by atoms with Gasteiger partial charge in [-0.2, -0.15) is 0 Å². The van der Waals surface area contributed by atoms with Crippen molar-refractivity contribution in [2.24, 2.45) is 0 Å². The zero-order valence-corrected chi connectivity index (χ0v) is 13.1. The van der Waals surface area contributed by atoms with Crippen molar-refractivity contribution in [2.45, 2.75) is 13.8 Å². The molecule has 0 aromatic heterocycles. The summed E-state index contributed by atoms with van der Waals surface area (Å²) in [6, 6.07) is 10.4. The maximum Gasteiger partial charge on any atom is 0.338 e. The van der Waals surface area contributed by atoms with Crippen LogP contribution in [-0.4, -0.2) is 26.0 Å². The molecule has 4 nitrogen and oxygen atoms in total. The van der Waals surface area contributed by atoms with Gasteiger partial charge < -0.3 is 9.47 Å². The summed E-state index contributed by atoms with van der Waals surface area (Å²) < 4.78 is 10.1. The molecule has 0 saturated heterocycles. The lowest BCUT2D eigenvalue weighted by Gasteiger charge is -2.11. The minimum atomic E-state index is -0.530. The Morgan fingerprint density at radius 2 is 1.41 bits per heavy atom. The van der Waals surface area contributed by atoms with Crippen molar-refractivity contribution in [1.82, 2.24) is 0 Å². The number of carbonyl (C=O) groups is 2. The quantitative estimate of drug-likeness (QED) is 0.642. The molecule has 0 radical (unpaired) electrons. The van der Waals surface area contributed by atoms with Gasteiger partial charge >= 0.3 is 5.97 Å². The Labute approximate surface area is 129 Å². The van der Waals surface area contributed by atoms with Crippen LogP contribution in [0.25, 0.3) is 0 Å². The summed E-state index contributed by atoms with van der Waals surface area (Å²) >= 11 is 0. The minimum Gasteiger partial charge on any atom is -0.496 e. The van der Waals surface area contributed by atoms with Crippen molar-refractivity contribution in [3.05, 3.63) is 64.2 Å². The molecule has 0 aliphatic carbocycles. The predicted octanol–water partition coefficient (Wildman–Crippen LogP) is 3.33. The number of methoxy groups -OCH3 is 2. The number of ether oxygens (including phenoxy) is 2. The highest BCUT2D eigenvalue weighted by Gasteiger charge is 2.21. The van der Waals surface area contributed by atoms with Crippen LogP contribution in [0.3, 0.4) is 0 Å². The van der Waals surface area contributed by atoms with Gasteiger partial charge in [-0.25, -0.2) is 4.79 Å². The highest BCUT2D eigenvalue weighted by atomic mass is 16.5. The SMILES string of the molecule is COC(=O)c1cc(C)ccc1C(=O)c1ccc(C)cc1OC. The van der Waals surface area contributed by atoms with Gasteiger partial charge in [0.05, 0.1) is 25.3 Å². The van der Waals surface area contributed by atoms with Crippen molar-refractivity contribution in [3.8, 4) is 5.75 Å². The summed E-state index contributed by atoms with van der Waals surface area (Å²) in [5.74, 6) is -0.309. The predicted molar refractivity (Wildman–Crippen MR) is 83.7 cm³/mol. The molecular formula is C18H18O4. The lowest BCUT2D eigenvalue weighted by atomic mass is 9.95. The number of aryl methyl sites for hydroxylation is 2. The van der Waals surface area contributed by atoms with Crippen molar-refractivity contribution in [1.29, 1.82) is 0 Å². The molecular weight excluding hydrogens is 280 g/mol. The van der Waals surface area contributed by atoms with Crippen LogP contribution < -0.4 is 4.74 Å². The van der Waals surface area contributed by atoms with E-state index in [-0.39, 0.29) is 11.3 Å². The first-order valence-electron chi connectivity index (χ1n) is 6.86. The molecule has 0 amide bonds. The van der Waals surface area contributed by atoms with Crippen LogP contribution >= 0.6 is 0 Å². The zero-order valence-electron chi connectivity index (χ0n) is 13.1. The Morgan fingerprint density at radius 3 is 2.00 bits per heavy atom. The Kier molecular flexibility index (Phi) is 4.61. The fourth-order valence-electron chi connectivity index (χ4n) is 2.27. The fourth-order valence-corrected chi connectivity index (χ4v) is 2.27. The fraction of sp³-hybridized carbons (Fsp3) is 0.222. The second kappa shape index (κ2) is 6.43. The molecule has 22 heavy (non-hydrogen) atoms. The molecule has 0 bridgehead atoms. The summed E-state index contributed by atoms with van der Waals surface area (Å²) in [4.78, 5) is 24.7. The lowest BCUT2D eigenvalue weighted by Crippen LogP contribution is -2.12. The smallest absolute Gasteiger partial charge is 0.338 e. The number of benzene rings is 2. The maximum atomic E-state index is 12.8. The first kappa shape index (κ1) is 15.8. The van der Waals surface area contributed by atoms with Crippen molar-refractivity contribution < 1.29 is 19.1 Å². The molecule has 0 atom stereocenters. The largest absolute Gasteiger partial charge is 0.496 e. The van der Waals surface area contributed by atoms with Crippen molar-refractivity contribution in [2.75, 3.05) is 14.2 Å². The van der Waals surface area contributed by atoms with Crippen LogP contribution in [0.15, 0.2) is 36.4 Å². The molecule has 114 valence electrons. The first-order chi connectivity index (χ1) is 10.5. The van der Waals surface area contributed by atoms with Crippen LogP contribution in [-0.2, 0) is 4.74 Å². The highest BCUT2D eigenvalue weighted by Crippen LogP contribution is 2.25. The van der Waals surface area contributed by atoms with E-state index in [2.05, 4.69) is 0 Å². The van der Waals surface area contributed by atoms with Gasteiger partial charge in [-0.05, 0) is 43.7 Å². The van der Waals surface area contributed by atoms with E-state index in [0.29, 0.717) is 16.9 Å². The summed E-state index contributed by atoms with van der Waals surface area (Å²) in [7, 11) is 2.81. The van der Waals surface area contributed by atoms with E-state index in [4.69, 9.17) is 9.47 Å². The van der Waals surface area contributed by atoms with Gasteiger partial charge in [-0.15, -0.1) is 0 Å². The maximum absolute atomic E-state index is 12.8. The van der Waals surface area contributed by atoms with Crippen molar-refractivity contribution >= 4 is 11.8 Å². The van der Waals surface area contributed by atoms with Crippen LogP contribution in [0.5, 0.6) is 5.75 Å². The number of esters is 1. The Balaban J connectivity index is 2.57. The molecule has 0 fully saturated rings. The monoisotopic (exact) mass is 298 g/mol. The average Bonchev–Trinajstić information content (AvgIpc) is 2.53. The van der Waals surface area contributed by atoms with E-state index in [1.165, 1.54) is 14.2 Å². The molecule has 0 heterocycles. The number of carbonyl (C=O) groups excluding carboxylic acids is 2. The first-order valence-corrected chi connectivity index (χ1v) is 6.86. The van der Waals surface area contributed by atoms with Gasteiger partial charge in [0.1, 0.15) is 5.75 Å². The van der Waals surface area contributed by atoms with Gasteiger partial charge in [-0.1, -0.05) is 17.7 Å². The minimum absolute atomic E-state index is 0.259. The van der Waals surface area contributed by atoms with E-state index in [9.17, 15) is 9.59 Å². The molecule has 0 spiro atoms. The van der Waals surface area contributed by atoms with Crippen LogP contribution in [0, 0.1) is 13.8 Å². The van der Waals surface area contributed by atoms with E-state index in [0.717, 1.165) is 11.1 Å². The third kappa shape index (κ3) is 3.01. The summed E-state index contributed by atoms with van der Waals surface area (Å²) in [5, 5.41) is 0. The van der Waals surface area contributed by atoms with Gasteiger partial charge in [0, 0.05) is 5.56 Å². The van der Waals surface area contributed by atoms with Gasteiger partial charge in [0.15, 0.2) is 5.78 Å². The number of rotatable bonds is 4. The van der Waals surface area contributed by atoms with Gasteiger partial charge in [0.2, 0.25) is 0 Å². The molecule has 0 aliphatic rings. The zero-order chi connectivity index (χ0) is 16.3. The number of hydrogen-bond donors (Lipinski definition) is 0.